The average molecular weight is 279 g/mol. The van der Waals surface area contributed by atoms with Crippen LogP contribution < -0.4 is 0 Å². The summed E-state index contributed by atoms with van der Waals surface area (Å²) >= 11 is 2.99. The summed E-state index contributed by atoms with van der Waals surface area (Å²) in [5.41, 5.74) is -0.473. The standard InChI is InChI=1S/C9H6BrF3N2/c10-3-6-5(1-2-14)8(9(12)13)15-4-7(6)11/h4,9H,1,3H2. The molecule has 15 heavy (non-hydrogen) atoms. The van der Waals surface area contributed by atoms with Gasteiger partial charge in [-0.05, 0) is 0 Å². The fourth-order valence-electron chi connectivity index (χ4n) is 1.19. The monoisotopic (exact) mass is 278 g/mol. The van der Waals surface area contributed by atoms with Gasteiger partial charge in [0, 0.05) is 16.5 Å². The van der Waals surface area contributed by atoms with Crippen LogP contribution in [0, 0.1) is 17.1 Å². The van der Waals surface area contributed by atoms with Crippen molar-refractivity contribution in [3.05, 3.63) is 28.8 Å². The van der Waals surface area contributed by atoms with Gasteiger partial charge in [0.05, 0.1) is 18.7 Å². The van der Waals surface area contributed by atoms with Crippen LogP contribution in [0.25, 0.3) is 0 Å². The van der Waals surface area contributed by atoms with Crippen LogP contribution in [0.4, 0.5) is 13.2 Å². The highest BCUT2D eigenvalue weighted by molar-refractivity contribution is 9.08. The Morgan fingerprint density at radius 2 is 2.13 bits per heavy atom. The third kappa shape index (κ3) is 2.48. The molecular weight excluding hydrogens is 273 g/mol. The molecular formula is C9H6BrF3N2. The molecule has 0 amide bonds. The zero-order valence-corrected chi connectivity index (χ0v) is 9.06. The van der Waals surface area contributed by atoms with Gasteiger partial charge in [0.2, 0.25) is 0 Å². The lowest BCUT2D eigenvalue weighted by Crippen LogP contribution is -2.05. The predicted molar refractivity (Wildman–Crippen MR) is 51.1 cm³/mol. The molecule has 0 N–H and O–H groups in total. The highest BCUT2D eigenvalue weighted by Crippen LogP contribution is 2.26. The van der Waals surface area contributed by atoms with Crippen molar-refractivity contribution in [2.75, 3.05) is 0 Å². The summed E-state index contributed by atoms with van der Waals surface area (Å²) in [5.74, 6) is -0.679. The van der Waals surface area contributed by atoms with Crippen molar-refractivity contribution in [1.82, 2.24) is 4.98 Å². The van der Waals surface area contributed by atoms with Gasteiger partial charge in [-0.15, -0.1) is 0 Å². The fraction of sp³-hybridized carbons (Fsp3) is 0.333. The van der Waals surface area contributed by atoms with Crippen molar-refractivity contribution in [3.8, 4) is 6.07 Å². The molecule has 6 heteroatoms. The van der Waals surface area contributed by atoms with E-state index in [4.69, 9.17) is 5.26 Å². The summed E-state index contributed by atoms with van der Waals surface area (Å²) in [5, 5.41) is 8.56. The minimum absolute atomic E-state index is 0.0237. The SMILES string of the molecule is N#CCc1c(C(F)F)ncc(F)c1CBr. The van der Waals surface area contributed by atoms with Crippen molar-refractivity contribution in [2.45, 2.75) is 18.2 Å². The van der Waals surface area contributed by atoms with Crippen LogP contribution in [-0.2, 0) is 11.8 Å². The molecule has 0 spiro atoms. The van der Waals surface area contributed by atoms with Crippen molar-refractivity contribution in [3.63, 3.8) is 0 Å². The Balaban J connectivity index is 3.36. The second-order valence-electron chi connectivity index (χ2n) is 2.72. The first-order valence-corrected chi connectivity index (χ1v) is 5.11. The Morgan fingerprint density at radius 3 is 2.60 bits per heavy atom. The molecule has 2 nitrogen and oxygen atoms in total. The van der Waals surface area contributed by atoms with Crippen LogP contribution in [0.3, 0.4) is 0 Å². The van der Waals surface area contributed by atoms with Crippen LogP contribution in [0.2, 0.25) is 0 Å². The molecule has 0 aliphatic heterocycles. The molecule has 0 bridgehead atoms. The molecule has 0 unspecified atom stereocenters. The van der Waals surface area contributed by atoms with E-state index in [1.165, 1.54) is 0 Å². The number of halogens is 4. The fourth-order valence-corrected chi connectivity index (χ4v) is 1.80. The molecule has 0 aliphatic rings. The quantitative estimate of drug-likeness (QED) is 0.797. The number of rotatable bonds is 3. The summed E-state index contributed by atoms with van der Waals surface area (Å²) < 4.78 is 38.1. The lowest BCUT2D eigenvalue weighted by atomic mass is 10.0. The maximum Gasteiger partial charge on any atom is 0.280 e. The first-order valence-electron chi connectivity index (χ1n) is 3.99. The second-order valence-corrected chi connectivity index (χ2v) is 3.28. The molecule has 1 heterocycles. The topological polar surface area (TPSA) is 36.7 Å². The number of hydrogen-bond acceptors (Lipinski definition) is 2. The van der Waals surface area contributed by atoms with E-state index in [0.29, 0.717) is 0 Å². The van der Waals surface area contributed by atoms with E-state index >= 15 is 0 Å². The van der Waals surface area contributed by atoms with Gasteiger partial charge >= 0.3 is 0 Å². The predicted octanol–water partition coefficient (Wildman–Crippen LogP) is 3.12. The summed E-state index contributed by atoms with van der Waals surface area (Å²) in [6, 6.07) is 1.72. The maximum absolute atomic E-state index is 13.2. The molecule has 0 radical (unpaired) electrons. The Hall–Kier alpha value is -1.09. The van der Waals surface area contributed by atoms with Gasteiger partial charge in [-0.3, -0.25) is 4.98 Å². The minimum atomic E-state index is -2.80. The molecule has 1 aromatic heterocycles. The van der Waals surface area contributed by atoms with Crippen LogP contribution in [-0.4, -0.2) is 4.98 Å². The maximum atomic E-state index is 13.2. The van der Waals surface area contributed by atoms with E-state index in [1.54, 1.807) is 6.07 Å². The van der Waals surface area contributed by atoms with Gasteiger partial charge in [0.15, 0.2) is 0 Å². The first-order chi connectivity index (χ1) is 7.11. The number of nitrogens with zero attached hydrogens (tertiary/aromatic N) is 2. The van der Waals surface area contributed by atoms with Crippen molar-refractivity contribution in [2.24, 2.45) is 0 Å². The number of nitriles is 1. The van der Waals surface area contributed by atoms with Crippen LogP contribution >= 0.6 is 15.9 Å². The number of aromatic nitrogens is 1. The zero-order valence-electron chi connectivity index (χ0n) is 7.48. The van der Waals surface area contributed by atoms with Gasteiger partial charge in [-0.2, -0.15) is 5.26 Å². The van der Waals surface area contributed by atoms with E-state index in [0.717, 1.165) is 6.20 Å². The molecule has 1 aromatic rings. The van der Waals surface area contributed by atoms with Crippen LogP contribution in [0.1, 0.15) is 23.2 Å². The second kappa shape index (κ2) is 5.12. The lowest BCUT2D eigenvalue weighted by Gasteiger charge is -2.09. The molecule has 0 aromatic carbocycles. The normalized spacial score (nSPS) is 10.4. The largest absolute Gasteiger partial charge is 0.280 e. The smallest absolute Gasteiger partial charge is 0.252 e. The zero-order chi connectivity index (χ0) is 11.4. The summed E-state index contributed by atoms with van der Waals surface area (Å²) in [6.45, 7) is 0. The van der Waals surface area contributed by atoms with E-state index in [9.17, 15) is 13.2 Å². The number of pyridine rings is 1. The molecule has 0 fully saturated rings. The van der Waals surface area contributed by atoms with Crippen LogP contribution in [0.5, 0.6) is 0 Å². The van der Waals surface area contributed by atoms with Crippen molar-refractivity contribution in [1.29, 1.82) is 5.26 Å². The first kappa shape index (κ1) is 12.0. The highest BCUT2D eigenvalue weighted by atomic mass is 79.9. The minimum Gasteiger partial charge on any atom is -0.252 e. The van der Waals surface area contributed by atoms with Gasteiger partial charge in [-0.1, -0.05) is 15.9 Å². The molecule has 80 valence electrons. The molecule has 0 saturated heterocycles. The Labute approximate surface area is 92.9 Å². The van der Waals surface area contributed by atoms with Crippen molar-refractivity contribution >= 4 is 15.9 Å². The average Bonchev–Trinajstić information content (AvgIpc) is 2.18. The van der Waals surface area contributed by atoms with Gasteiger partial charge in [-0.25, -0.2) is 13.2 Å². The molecule has 1 rings (SSSR count). The summed E-state index contributed by atoms with van der Waals surface area (Å²) in [6.07, 6.45) is -2.32. The molecule has 0 atom stereocenters. The Bertz CT molecular complexity index is 401. The number of hydrogen-bond donors (Lipinski definition) is 0. The van der Waals surface area contributed by atoms with Crippen molar-refractivity contribution < 1.29 is 13.2 Å². The Kier molecular flexibility index (Phi) is 4.09. The van der Waals surface area contributed by atoms with E-state index in [2.05, 4.69) is 20.9 Å². The summed E-state index contributed by atoms with van der Waals surface area (Å²) in [4.78, 5) is 3.31. The van der Waals surface area contributed by atoms with Gasteiger partial charge < -0.3 is 0 Å². The highest BCUT2D eigenvalue weighted by Gasteiger charge is 2.20. The lowest BCUT2D eigenvalue weighted by molar-refractivity contribution is 0.144. The summed E-state index contributed by atoms with van der Waals surface area (Å²) in [7, 11) is 0. The van der Waals surface area contributed by atoms with E-state index in [1.807, 2.05) is 0 Å². The number of alkyl halides is 3. The molecule has 0 aliphatic carbocycles. The Morgan fingerprint density at radius 1 is 1.47 bits per heavy atom. The molecule has 0 saturated carbocycles. The van der Waals surface area contributed by atoms with E-state index in [-0.39, 0.29) is 22.9 Å². The van der Waals surface area contributed by atoms with E-state index < -0.39 is 17.9 Å². The van der Waals surface area contributed by atoms with Gasteiger partial charge in [0.25, 0.3) is 6.43 Å². The third-order valence-electron chi connectivity index (χ3n) is 1.87. The third-order valence-corrected chi connectivity index (χ3v) is 2.44. The van der Waals surface area contributed by atoms with Gasteiger partial charge in [0.1, 0.15) is 11.5 Å². The van der Waals surface area contributed by atoms with Crippen LogP contribution in [0.15, 0.2) is 6.20 Å².